The third-order valence-electron chi connectivity index (χ3n) is 3.80. The van der Waals surface area contributed by atoms with Crippen molar-refractivity contribution in [3.63, 3.8) is 0 Å². The molecule has 0 N–H and O–H groups in total. The van der Waals surface area contributed by atoms with Crippen molar-refractivity contribution in [2.45, 2.75) is 6.23 Å². The van der Waals surface area contributed by atoms with Crippen LogP contribution in [0.1, 0.15) is 32.5 Å². The lowest BCUT2D eigenvalue weighted by molar-refractivity contribution is -0.384. The van der Waals surface area contributed by atoms with Crippen LogP contribution in [0, 0.1) is 10.1 Å². The molecule has 1 unspecified atom stereocenters. The van der Waals surface area contributed by atoms with Gasteiger partial charge in [-0.15, -0.1) is 0 Å². The number of hydrogen-bond donors (Lipinski definition) is 0. The van der Waals surface area contributed by atoms with Crippen molar-refractivity contribution in [2.75, 3.05) is 4.90 Å². The molecule has 22 heavy (non-hydrogen) atoms. The highest BCUT2D eigenvalue weighted by molar-refractivity contribution is 6.15. The van der Waals surface area contributed by atoms with Crippen LogP contribution in [-0.4, -0.2) is 16.8 Å². The second-order valence-corrected chi connectivity index (χ2v) is 4.98. The summed E-state index contributed by atoms with van der Waals surface area (Å²) in [5, 5.41) is 10.9. The highest BCUT2D eigenvalue weighted by Gasteiger charge is 2.45. The standard InChI is InChI=1S/C15H8N2O5/c18-13-11-7-8(17(20)21)5-6-9(11)14-16(13)12-4-2-1-3-10(12)15(19)22-14/h1-7,14H. The quantitative estimate of drug-likeness (QED) is 0.458. The van der Waals surface area contributed by atoms with Gasteiger partial charge in [0.25, 0.3) is 11.6 Å². The number of hydrogen-bond acceptors (Lipinski definition) is 5. The summed E-state index contributed by atoms with van der Waals surface area (Å²) in [4.78, 5) is 36.3. The molecule has 0 saturated carbocycles. The number of nitro groups is 1. The fraction of sp³-hybridized carbons (Fsp3) is 0.0667. The zero-order valence-corrected chi connectivity index (χ0v) is 11.1. The Morgan fingerprint density at radius 2 is 1.86 bits per heavy atom. The van der Waals surface area contributed by atoms with Gasteiger partial charge in [-0.2, -0.15) is 0 Å². The first-order chi connectivity index (χ1) is 10.6. The summed E-state index contributed by atoms with van der Waals surface area (Å²) in [6.07, 6.45) is -0.870. The third-order valence-corrected chi connectivity index (χ3v) is 3.80. The lowest BCUT2D eigenvalue weighted by Gasteiger charge is -2.31. The molecule has 4 rings (SSSR count). The molecule has 2 heterocycles. The van der Waals surface area contributed by atoms with Crippen molar-refractivity contribution < 1.29 is 19.2 Å². The number of esters is 1. The Morgan fingerprint density at radius 3 is 2.64 bits per heavy atom. The zero-order valence-electron chi connectivity index (χ0n) is 11.1. The number of ether oxygens (including phenoxy) is 1. The van der Waals surface area contributed by atoms with Gasteiger partial charge in [0, 0.05) is 17.7 Å². The number of rotatable bonds is 1. The number of benzene rings is 2. The molecule has 0 aliphatic carbocycles. The largest absolute Gasteiger partial charge is 0.433 e. The van der Waals surface area contributed by atoms with E-state index in [2.05, 4.69) is 0 Å². The van der Waals surface area contributed by atoms with E-state index in [0.717, 1.165) is 0 Å². The van der Waals surface area contributed by atoms with E-state index in [0.29, 0.717) is 16.8 Å². The molecule has 7 heteroatoms. The van der Waals surface area contributed by atoms with Gasteiger partial charge in [0.15, 0.2) is 0 Å². The lowest BCUT2D eigenvalue weighted by atomic mass is 10.1. The van der Waals surface area contributed by atoms with Crippen LogP contribution in [0.15, 0.2) is 42.5 Å². The normalized spacial score (nSPS) is 18.4. The molecule has 0 spiro atoms. The maximum atomic E-state index is 12.6. The van der Waals surface area contributed by atoms with Gasteiger partial charge in [-0.05, 0) is 18.2 Å². The molecule has 0 bridgehead atoms. The van der Waals surface area contributed by atoms with Gasteiger partial charge in [0.1, 0.15) is 0 Å². The van der Waals surface area contributed by atoms with Crippen LogP contribution in [0.5, 0.6) is 0 Å². The van der Waals surface area contributed by atoms with Crippen LogP contribution in [0.4, 0.5) is 11.4 Å². The minimum absolute atomic E-state index is 0.174. The highest BCUT2D eigenvalue weighted by Crippen LogP contribution is 2.44. The van der Waals surface area contributed by atoms with Crippen molar-refractivity contribution in [1.82, 2.24) is 0 Å². The van der Waals surface area contributed by atoms with E-state index in [1.165, 1.54) is 23.1 Å². The molecule has 2 aromatic carbocycles. The minimum Gasteiger partial charge on any atom is -0.433 e. The summed E-state index contributed by atoms with van der Waals surface area (Å²) in [6, 6.07) is 10.6. The summed E-state index contributed by atoms with van der Waals surface area (Å²) in [5.41, 5.74) is 1.22. The Hall–Kier alpha value is -3.22. The Bertz CT molecular complexity index is 861. The number of non-ortho nitro benzene ring substituents is 1. The molecule has 0 aromatic heterocycles. The molecule has 1 amide bonds. The Balaban J connectivity index is 1.91. The van der Waals surface area contributed by atoms with Crippen LogP contribution < -0.4 is 4.90 Å². The van der Waals surface area contributed by atoms with E-state index in [1.54, 1.807) is 24.3 Å². The summed E-state index contributed by atoms with van der Waals surface area (Å²) >= 11 is 0. The van der Waals surface area contributed by atoms with Gasteiger partial charge in [-0.25, -0.2) is 4.79 Å². The average Bonchev–Trinajstić information content (AvgIpc) is 2.80. The number of nitrogens with zero attached hydrogens (tertiary/aromatic N) is 2. The molecule has 0 radical (unpaired) electrons. The maximum absolute atomic E-state index is 12.6. The van der Waals surface area contributed by atoms with Gasteiger partial charge >= 0.3 is 5.97 Å². The zero-order chi connectivity index (χ0) is 15.4. The van der Waals surface area contributed by atoms with Gasteiger partial charge in [-0.3, -0.25) is 19.8 Å². The predicted molar refractivity (Wildman–Crippen MR) is 74.5 cm³/mol. The number of amides is 1. The van der Waals surface area contributed by atoms with Crippen LogP contribution in [0.2, 0.25) is 0 Å². The van der Waals surface area contributed by atoms with Crippen molar-refractivity contribution in [1.29, 1.82) is 0 Å². The van der Waals surface area contributed by atoms with Gasteiger partial charge in [0.05, 0.1) is 21.7 Å². The first-order valence-corrected chi connectivity index (χ1v) is 6.50. The van der Waals surface area contributed by atoms with Gasteiger partial charge < -0.3 is 4.74 Å². The summed E-state index contributed by atoms with van der Waals surface area (Å²) < 4.78 is 5.33. The SMILES string of the molecule is O=C1OC2c3ccc([N+](=O)[O-])cc3C(=O)N2c2ccccc21. The number of fused-ring (bicyclic) bond motifs is 5. The second kappa shape index (κ2) is 4.14. The van der Waals surface area contributed by atoms with Crippen LogP contribution in [-0.2, 0) is 4.74 Å². The smallest absolute Gasteiger partial charge is 0.342 e. The fourth-order valence-electron chi connectivity index (χ4n) is 2.81. The monoisotopic (exact) mass is 296 g/mol. The summed E-state index contributed by atoms with van der Waals surface area (Å²) in [6.45, 7) is 0. The number of carbonyl (C=O) groups excluding carboxylic acids is 2. The van der Waals surface area contributed by atoms with Crippen LogP contribution in [0.3, 0.4) is 0 Å². The van der Waals surface area contributed by atoms with Gasteiger partial charge in [-0.1, -0.05) is 12.1 Å². The Labute approximate surface area is 123 Å². The minimum atomic E-state index is -0.870. The summed E-state index contributed by atoms with van der Waals surface area (Å²) in [7, 11) is 0. The predicted octanol–water partition coefficient (Wildman–Crippen LogP) is 2.42. The Morgan fingerprint density at radius 1 is 1.09 bits per heavy atom. The van der Waals surface area contributed by atoms with E-state index in [9.17, 15) is 19.7 Å². The Kier molecular flexibility index (Phi) is 2.35. The lowest BCUT2D eigenvalue weighted by Crippen LogP contribution is -2.36. The van der Waals surface area contributed by atoms with Crippen molar-refractivity contribution in [2.24, 2.45) is 0 Å². The van der Waals surface area contributed by atoms with Crippen LogP contribution >= 0.6 is 0 Å². The molecular formula is C15H8N2O5. The third kappa shape index (κ3) is 1.50. The van der Waals surface area contributed by atoms with E-state index < -0.39 is 23.0 Å². The van der Waals surface area contributed by atoms with Crippen molar-refractivity contribution >= 4 is 23.3 Å². The molecule has 1 atom stereocenters. The summed E-state index contributed by atoms with van der Waals surface area (Å²) in [5.74, 6) is -0.931. The van der Waals surface area contributed by atoms with Gasteiger partial charge in [0.2, 0.25) is 6.23 Å². The number of nitro benzene ring substituents is 1. The second-order valence-electron chi connectivity index (χ2n) is 4.98. The van der Waals surface area contributed by atoms with Crippen molar-refractivity contribution in [3.05, 3.63) is 69.3 Å². The van der Waals surface area contributed by atoms with Crippen molar-refractivity contribution in [3.8, 4) is 0 Å². The first kappa shape index (κ1) is 12.5. The number of anilines is 1. The molecule has 2 aromatic rings. The highest BCUT2D eigenvalue weighted by atomic mass is 16.6. The first-order valence-electron chi connectivity index (χ1n) is 6.50. The molecular weight excluding hydrogens is 288 g/mol. The number of carbonyl (C=O) groups is 2. The number of para-hydroxylation sites is 1. The van der Waals surface area contributed by atoms with E-state index in [4.69, 9.17) is 4.74 Å². The van der Waals surface area contributed by atoms with E-state index in [-0.39, 0.29) is 11.3 Å². The molecule has 0 fully saturated rings. The molecule has 2 aliphatic rings. The molecule has 7 nitrogen and oxygen atoms in total. The molecule has 0 saturated heterocycles. The average molecular weight is 296 g/mol. The molecule has 108 valence electrons. The topological polar surface area (TPSA) is 89.7 Å². The fourth-order valence-corrected chi connectivity index (χ4v) is 2.81. The maximum Gasteiger partial charge on any atom is 0.342 e. The van der Waals surface area contributed by atoms with E-state index >= 15 is 0 Å². The van der Waals surface area contributed by atoms with E-state index in [1.807, 2.05) is 0 Å². The van der Waals surface area contributed by atoms with Crippen LogP contribution in [0.25, 0.3) is 0 Å². The molecule has 2 aliphatic heterocycles.